The number of ether oxygens (including phenoxy) is 3. The highest BCUT2D eigenvalue weighted by Crippen LogP contribution is 2.31. The van der Waals surface area contributed by atoms with E-state index >= 15 is 0 Å². The molecule has 0 amide bonds. The van der Waals surface area contributed by atoms with Crippen molar-refractivity contribution in [2.75, 3.05) is 19.8 Å². The first-order chi connectivity index (χ1) is 13.6. The normalized spacial score (nSPS) is 18.8. The van der Waals surface area contributed by atoms with E-state index in [-0.39, 0.29) is 6.61 Å². The quantitative estimate of drug-likeness (QED) is 0.610. The van der Waals surface area contributed by atoms with Gasteiger partial charge in [-0.2, -0.15) is 0 Å². The van der Waals surface area contributed by atoms with Crippen LogP contribution in [0.25, 0.3) is 0 Å². The molecule has 3 rings (SSSR count). The van der Waals surface area contributed by atoms with Gasteiger partial charge >= 0.3 is 5.97 Å². The molecule has 2 aromatic rings. The zero-order valence-electron chi connectivity index (χ0n) is 15.8. The van der Waals surface area contributed by atoms with Gasteiger partial charge in [-0.1, -0.05) is 24.3 Å². The van der Waals surface area contributed by atoms with Crippen LogP contribution in [0.4, 0.5) is 0 Å². The smallest absolute Gasteiger partial charge is 0.336 e. The number of rotatable bonds is 10. The molecule has 0 aliphatic carbocycles. The number of aliphatic carboxylic acids is 1. The van der Waals surface area contributed by atoms with Gasteiger partial charge in [0.1, 0.15) is 11.5 Å². The van der Waals surface area contributed by atoms with E-state index in [1.54, 1.807) is 0 Å². The van der Waals surface area contributed by atoms with Gasteiger partial charge in [-0.25, -0.2) is 4.79 Å². The molecule has 0 spiro atoms. The predicted molar refractivity (Wildman–Crippen MR) is 104 cm³/mol. The molecule has 1 heterocycles. The van der Waals surface area contributed by atoms with Crippen molar-refractivity contribution in [2.45, 2.75) is 37.9 Å². The van der Waals surface area contributed by atoms with Crippen LogP contribution < -0.4 is 9.47 Å². The zero-order chi connectivity index (χ0) is 19.8. The average Bonchev–Trinajstić information content (AvgIpc) is 3.18. The third kappa shape index (κ3) is 5.24. The van der Waals surface area contributed by atoms with Crippen LogP contribution in [0.2, 0.25) is 0 Å². The van der Waals surface area contributed by atoms with Crippen molar-refractivity contribution in [3.05, 3.63) is 59.7 Å². The van der Waals surface area contributed by atoms with E-state index in [9.17, 15) is 9.90 Å². The Morgan fingerprint density at radius 1 is 1.04 bits per heavy atom. The highest BCUT2D eigenvalue weighted by atomic mass is 16.5. The Hall–Kier alpha value is -2.57. The predicted octanol–water partition coefficient (Wildman–Crippen LogP) is 3.20. The van der Waals surface area contributed by atoms with Crippen LogP contribution in [-0.4, -0.2) is 41.6 Å². The molecule has 1 aliphatic heterocycles. The number of benzene rings is 2. The maximum atomic E-state index is 11.6. The summed E-state index contributed by atoms with van der Waals surface area (Å²) in [5, 5.41) is 18.6. The summed E-state index contributed by atoms with van der Waals surface area (Å²) in [5.41, 5.74) is 0.628. The van der Waals surface area contributed by atoms with E-state index < -0.39 is 11.6 Å². The molecule has 2 aromatic carbocycles. The molecule has 0 aromatic heterocycles. The molecule has 2 N–H and O–H groups in total. The van der Waals surface area contributed by atoms with Crippen molar-refractivity contribution in [3.63, 3.8) is 0 Å². The van der Waals surface area contributed by atoms with Crippen LogP contribution in [0.1, 0.15) is 30.4 Å². The van der Waals surface area contributed by atoms with Crippen LogP contribution >= 0.6 is 0 Å². The molecule has 1 atom stereocenters. The lowest BCUT2D eigenvalue weighted by Gasteiger charge is -2.23. The third-order valence-electron chi connectivity index (χ3n) is 4.81. The molecule has 1 fully saturated rings. The molecule has 0 bridgehead atoms. The van der Waals surface area contributed by atoms with Gasteiger partial charge in [-0.05, 0) is 48.2 Å². The van der Waals surface area contributed by atoms with Gasteiger partial charge in [0.15, 0.2) is 5.60 Å². The van der Waals surface area contributed by atoms with Gasteiger partial charge in [0.2, 0.25) is 0 Å². The Labute approximate surface area is 164 Å². The van der Waals surface area contributed by atoms with Crippen LogP contribution in [0.3, 0.4) is 0 Å². The maximum absolute atomic E-state index is 11.6. The van der Waals surface area contributed by atoms with E-state index in [4.69, 9.17) is 19.3 Å². The van der Waals surface area contributed by atoms with Gasteiger partial charge in [0, 0.05) is 19.4 Å². The standard InChI is InChI=1S/C22H26O6/c23-16-17-6-8-19(9-7-17)26-11-3-12-27-20-5-1-4-18(14-20)15-22(21(24)25)10-2-13-28-22/h1,4-9,14,23H,2-3,10-13,15-16H2,(H,24,25). The minimum atomic E-state index is -1.11. The second-order valence-electron chi connectivity index (χ2n) is 6.93. The largest absolute Gasteiger partial charge is 0.493 e. The molecule has 1 aliphatic rings. The molecule has 150 valence electrons. The van der Waals surface area contributed by atoms with Crippen LogP contribution in [0.5, 0.6) is 11.5 Å². The van der Waals surface area contributed by atoms with E-state index in [2.05, 4.69) is 0 Å². The van der Waals surface area contributed by atoms with Crippen molar-refractivity contribution >= 4 is 5.97 Å². The Balaban J connectivity index is 1.45. The second-order valence-corrected chi connectivity index (χ2v) is 6.93. The Morgan fingerprint density at radius 3 is 2.43 bits per heavy atom. The number of carbonyl (C=O) groups is 1. The lowest BCUT2D eigenvalue weighted by molar-refractivity contribution is -0.159. The number of carboxylic acids is 1. The molecule has 6 nitrogen and oxygen atoms in total. The first kappa shape index (κ1) is 20.2. The third-order valence-corrected chi connectivity index (χ3v) is 4.81. The van der Waals surface area contributed by atoms with Gasteiger partial charge in [-0.15, -0.1) is 0 Å². The monoisotopic (exact) mass is 386 g/mol. The van der Waals surface area contributed by atoms with Gasteiger partial charge in [0.05, 0.1) is 19.8 Å². The van der Waals surface area contributed by atoms with E-state index in [0.29, 0.717) is 44.8 Å². The SMILES string of the molecule is O=C(O)C1(Cc2cccc(OCCCOc3ccc(CO)cc3)c2)CCCO1. The number of carboxylic acid groups (broad SMARTS) is 1. The summed E-state index contributed by atoms with van der Waals surface area (Å²) in [6.07, 6.45) is 2.36. The average molecular weight is 386 g/mol. The number of aliphatic hydroxyl groups excluding tert-OH is 1. The number of aliphatic hydroxyl groups is 1. The Morgan fingerprint density at radius 2 is 1.79 bits per heavy atom. The molecule has 28 heavy (non-hydrogen) atoms. The van der Waals surface area contributed by atoms with Gasteiger partial charge < -0.3 is 24.4 Å². The first-order valence-corrected chi connectivity index (χ1v) is 9.53. The van der Waals surface area contributed by atoms with Crippen molar-refractivity contribution in [3.8, 4) is 11.5 Å². The molecule has 1 unspecified atom stereocenters. The number of hydrogen-bond acceptors (Lipinski definition) is 5. The Bertz CT molecular complexity index is 765. The lowest BCUT2D eigenvalue weighted by Crippen LogP contribution is -2.40. The highest BCUT2D eigenvalue weighted by Gasteiger charge is 2.42. The lowest BCUT2D eigenvalue weighted by atomic mass is 9.91. The van der Waals surface area contributed by atoms with E-state index in [1.807, 2.05) is 48.5 Å². The van der Waals surface area contributed by atoms with Gasteiger partial charge in [0.25, 0.3) is 0 Å². The summed E-state index contributed by atoms with van der Waals surface area (Å²) in [5.74, 6) is 0.568. The maximum Gasteiger partial charge on any atom is 0.336 e. The molecular weight excluding hydrogens is 360 g/mol. The Kier molecular flexibility index (Phi) is 6.90. The minimum Gasteiger partial charge on any atom is -0.493 e. The summed E-state index contributed by atoms with van der Waals surface area (Å²) in [7, 11) is 0. The first-order valence-electron chi connectivity index (χ1n) is 9.53. The van der Waals surface area contributed by atoms with Crippen LogP contribution in [-0.2, 0) is 22.6 Å². The van der Waals surface area contributed by atoms with Crippen molar-refractivity contribution in [1.29, 1.82) is 0 Å². The molecular formula is C22H26O6. The summed E-state index contributed by atoms with van der Waals surface area (Å²) < 4.78 is 17.0. The highest BCUT2D eigenvalue weighted by molar-refractivity contribution is 5.78. The summed E-state index contributed by atoms with van der Waals surface area (Å²) in [4.78, 5) is 11.6. The fourth-order valence-corrected chi connectivity index (χ4v) is 3.29. The van der Waals surface area contributed by atoms with Crippen molar-refractivity contribution in [2.24, 2.45) is 0 Å². The topological polar surface area (TPSA) is 85.2 Å². The van der Waals surface area contributed by atoms with Crippen molar-refractivity contribution < 1.29 is 29.2 Å². The summed E-state index contributed by atoms with van der Waals surface area (Å²) in [6.45, 7) is 1.53. The van der Waals surface area contributed by atoms with Crippen molar-refractivity contribution in [1.82, 2.24) is 0 Å². The van der Waals surface area contributed by atoms with Crippen LogP contribution in [0.15, 0.2) is 48.5 Å². The fraction of sp³-hybridized carbons (Fsp3) is 0.409. The van der Waals surface area contributed by atoms with E-state index in [0.717, 1.165) is 23.3 Å². The van der Waals surface area contributed by atoms with E-state index in [1.165, 1.54) is 0 Å². The summed E-state index contributed by atoms with van der Waals surface area (Å²) in [6, 6.07) is 14.8. The number of hydrogen-bond donors (Lipinski definition) is 2. The summed E-state index contributed by atoms with van der Waals surface area (Å²) >= 11 is 0. The molecule has 0 saturated carbocycles. The van der Waals surface area contributed by atoms with Gasteiger partial charge in [-0.3, -0.25) is 0 Å². The second kappa shape index (κ2) is 9.57. The molecule has 6 heteroatoms. The molecule has 0 radical (unpaired) electrons. The fourth-order valence-electron chi connectivity index (χ4n) is 3.29. The zero-order valence-corrected chi connectivity index (χ0v) is 15.8. The molecule has 1 saturated heterocycles. The van der Waals surface area contributed by atoms with Crippen LogP contribution in [0, 0.1) is 0 Å². The minimum absolute atomic E-state index is 0.0207.